The van der Waals surface area contributed by atoms with Crippen molar-refractivity contribution in [2.75, 3.05) is 26.4 Å². The Bertz CT molecular complexity index is 829. The minimum absolute atomic E-state index is 0.0104. The van der Waals surface area contributed by atoms with Crippen LogP contribution in [0.25, 0.3) is 0 Å². The summed E-state index contributed by atoms with van der Waals surface area (Å²) in [6.45, 7) is 13.4. The van der Waals surface area contributed by atoms with E-state index in [0.717, 1.165) is 24.8 Å². The third kappa shape index (κ3) is 31.9. The first-order valence-electron chi connectivity index (χ1n) is 11.4. The van der Waals surface area contributed by atoms with Crippen molar-refractivity contribution in [1.29, 1.82) is 0 Å². The van der Waals surface area contributed by atoms with E-state index in [2.05, 4.69) is 26.3 Å². The second-order valence-electron chi connectivity index (χ2n) is 7.19. The van der Waals surface area contributed by atoms with Crippen molar-refractivity contribution in [3.05, 3.63) is 80.4 Å². The minimum atomic E-state index is -0.981. The second kappa shape index (κ2) is 26.9. The molecule has 12 heteroatoms. The molecule has 0 radical (unpaired) electrons. The molecule has 218 valence electrons. The number of esters is 1. The molecule has 1 aromatic carbocycles. The highest BCUT2D eigenvalue weighted by molar-refractivity contribution is 5.89. The monoisotopic (exact) mass is 554 g/mol. The number of aliphatic carboxylic acids is 3. The Morgan fingerprint density at radius 1 is 0.897 bits per heavy atom. The predicted octanol–water partition coefficient (Wildman–Crippen LogP) is 2.07. The molecule has 6 N–H and O–H groups in total. The van der Waals surface area contributed by atoms with Crippen LogP contribution in [0.3, 0.4) is 0 Å². The average molecular weight is 555 g/mol. The predicted molar refractivity (Wildman–Crippen MR) is 143 cm³/mol. The zero-order chi connectivity index (χ0) is 30.6. The molecular formula is C27H38O12. The van der Waals surface area contributed by atoms with Crippen molar-refractivity contribution in [2.24, 2.45) is 5.92 Å². The van der Waals surface area contributed by atoms with E-state index >= 15 is 0 Å². The summed E-state index contributed by atoms with van der Waals surface area (Å²) in [6, 6.07) is 8.96. The molecule has 1 fully saturated rings. The van der Waals surface area contributed by atoms with Crippen LogP contribution in [0.5, 0.6) is 5.75 Å². The number of aliphatic hydroxyl groups is 3. The highest BCUT2D eigenvalue weighted by atomic mass is 16.6. The van der Waals surface area contributed by atoms with Crippen molar-refractivity contribution in [1.82, 2.24) is 0 Å². The molecule has 2 rings (SSSR count). The summed E-state index contributed by atoms with van der Waals surface area (Å²) in [4.78, 5) is 39.2. The van der Waals surface area contributed by atoms with Crippen molar-refractivity contribution < 1.29 is 59.3 Å². The molecule has 0 amide bonds. The topological polar surface area (TPSA) is 211 Å². The highest BCUT2D eigenvalue weighted by Gasteiger charge is 2.26. The molecule has 1 aliphatic rings. The maximum absolute atomic E-state index is 11.5. The fourth-order valence-corrected chi connectivity index (χ4v) is 1.83. The molecule has 39 heavy (non-hydrogen) atoms. The Morgan fingerprint density at radius 3 is 1.62 bits per heavy atom. The van der Waals surface area contributed by atoms with E-state index in [1.807, 2.05) is 18.2 Å². The Kier molecular flexibility index (Phi) is 27.2. The number of carbonyl (C=O) groups is 4. The van der Waals surface area contributed by atoms with Gasteiger partial charge in [0.2, 0.25) is 0 Å². The molecule has 0 bridgehead atoms. The van der Waals surface area contributed by atoms with Crippen LogP contribution in [0.1, 0.15) is 19.3 Å². The Hall–Kier alpha value is -4.10. The number of carbonyl (C=O) groups excluding carboxylic acids is 1. The molecule has 12 nitrogen and oxygen atoms in total. The lowest BCUT2D eigenvalue weighted by Gasteiger charge is -2.07. The van der Waals surface area contributed by atoms with Crippen LogP contribution in [0.4, 0.5) is 0 Å². The van der Waals surface area contributed by atoms with E-state index in [0.29, 0.717) is 30.6 Å². The first-order valence-corrected chi connectivity index (χ1v) is 11.4. The van der Waals surface area contributed by atoms with Gasteiger partial charge in [0, 0.05) is 56.0 Å². The second-order valence-corrected chi connectivity index (χ2v) is 7.19. The number of epoxide rings is 1. The van der Waals surface area contributed by atoms with E-state index in [9.17, 15) is 19.2 Å². The molecular weight excluding hydrogens is 516 g/mol. The molecule has 0 saturated carbocycles. The molecule has 0 aromatic heterocycles. The summed E-state index contributed by atoms with van der Waals surface area (Å²) in [5.74, 6) is -2.82. The standard InChI is InChI=1S/C12H12O3.C6H14O3.3C3H4O2/c1-9(7-11-8-14-11)12(13)15-10-5-3-2-4-6-10;7-3-1-2-6(4-8)5-9;3*1-2-3(4)5/h2-6,11H,1,7-8H2;6-9H,1-5H2;3*2H,1H2,(H,4,5). The minimum Gasteiger partial charge on any atom is -0.478 e. The number of rotatable bonds is 12. The van der Waals surface area contributed by atoms with Crippen molar-refractivity contribution in [2.45, 2.75) is 25.4 Å². The van der Waals surface area contributed by atoms with Gasteiger partial charge in [0.05, 0.1) is 12.7 Å². The van der Waals surface area contributed by atoms with Gasteiger partial charge in [0.15, 0.2) is 0 Å². The fraction of sp³-hybridized carbons (Fsp3) is 0.333. The summed E-state index contributed by atoms with van der Waals surface area (Å²) in [5.41, 5.74) is 0.460. The smallest absolute Gasteiger partial charge is 0.338 e. The summed E-state index contributed by atoms with van der Waals surface area (Å²) >= 11 is 0. The number of benzene rings is 1. The number of aliphatic hydroxyl groups excluding tert-OH is 3. The van der Waals surface area contributed by atoms with E-state index in [1.165, 1.54) is 0 Å². The maximum atomic E-state index is 11.5. The van der Waals surface area contributed by atoms with E-state index in [-0.39, 0.29) is 37.8 Å². The maximum Gasteiger partial charge on any atom is 0.338 e. The van der Waals surface area contributed by atoms with Gasteiger partial charge in [-0.3, -0.25) is 0 Å². The third-order valence-corrected chi connectivity index (χ3v) is 3.93. The fourth-order valence-electron chi connectivity index (χ4n) is 1.83. The number of hydrogen-bond acceptors (Lipinski definition) is 9. The Labute approximate surface area is 227 Å². The van der Waals surface area contributed by atoms with Gasteiger partial charge in [0.25, 0.3) is 0 Å². The lowest BCUT2D eigenvalue weighted by molar-refractivity contribution is -0.132. The largest absolute Gasteiger partial charge is 0.478 e. The van der Waals surface area contributed by atoms with Crippen LogP contribution in [-0.2, 0) is 23.9 Å². The zero-order valence-electron chi connectivity index (χ0n) is 21.7. The van der Waals surface area contributed by atoms with Crippen LogP contribution < -0.4 is 4.74 Å². The summed E-state index contributed by atoms with van der Waals surface area (Å²) in [5, 5.41) is 48.2. The van der Waals surface area contributed by atoms with E-state index in [4.69, 9.17) is 40.1 Å². The molecule has 0 spiro atoms. The van der Waals surface area contributed by atoms with Crippen LogP contribution >= 0.6 is 0 Å². The van der Waals surface area contributed by atoms with Gasteiger partial charge in [-0.2, -0.15) is 0 Å². The molecule has 1 heterocycles. The Balaban J connectivity index is -0.000000463. The van der Waals surface area contributed by atoms with Crippen molar-refractivity contribution in [3.8, 4) is 5.75 Å². The van der Waals surface area contributed by atoms with E-state index < -0.39 is 17.9 Å². The number of hydrogen-bond donors (Lipinski definition) is 6. The molecule has 1 aromatic rings. The van der Waals surface area contributed by atoms with Crippen molar-refractivity contribution in [3.63, 3.8) is 0 Å². The van der Waals surface area contributed by atoms with Gasteiger partial charge in [-0.1, -0.05) is 44.5 Å². The van der Waals surface area contributed by atoms with Gasteiger partial charge < -0.3 is 40.1 Å². The average Bonchev–Trinajstić information content (AvgIpc) is 3.75. The SMILES string of the molecule is C=C(CC1CO1)C(=O)Oc1ccccc1.C=CC(=O)O.C=CC(=O)O.C=CC(=O)O.OCCCC(CO)CO. The van der Waals surface area contributed by atoms with Gasteiger partial charge in [-0.15, -0.1) is 0 Å². The zero-order valence-corrected chi connectivity index (χ0v) is 21.7. The lowest BCUT2D eigenvalue weighted by Crippen LogP contribution is -2.11. The van der Waals surface area contributed by atoms with E-state index in [1.54, 1.807) is 12.1 Å². The summed E-state index contributed by atoms with van der Waals surface area (Å²) in [7, 11) is 0. The molecule has 1 atom stereocenters. The number of carboxylic acids is 3. The number of para-hydroxylation sites is 1. The molecule has 0 aliphatic carbocycles. The van der Waals surface area contributed by atoms with Gasteiger partial charge in [-0.25, -0.2) is 19.2 Å². The normalized spacial score (nSPS) is 11.9. The van der Waals surface area contributed by atoms with Gasteiger partial charge >= 0.3 is 23.9 Å². The molecule has 1 unspecified atom stereocenters. The number of ether oxygens (including phenoxy) is 2. The van der Waals surface area contributed by atoms with Crippen LogP contribution in [-0.4, -0.2) is 87.0 Å². The van der Waals surface area contributed by atoms with Crippen LogP contribution in [0.2, 0.25) is 0 Å². The first kappa shape index (κ1) is 39.4. The summed E-state index contributed by atoms with van der Waals surface area (Å²) < 4.78 is 10.1. The van der Waals surface area contributed by atoms with Crippen LogP contribution in [0, 0.1) is 5.92 Å². The van der Waals surface area contributed by atoms with Gasteiger partial charge in [-0.05, 0) is 25.0 Å². The molecule has 1 aliphatic heterocycles. The summed E-state index contributed by atoms with van der Waals surface area (Å²) in [6.07, 6.45) is 4.59. The Morgan fingerprint density at radius 2 is 1.31 bits per heavy atom. The van der Waals surface area contributed by atoms with Crippen LogP contribution in [0.15, 0.2) is 80.4 Å². The first-order chi connectivity index (χ1) is 18.4. The lowest BCUT2D eigenvalue weighted by atomic mass is 10.1. The quantitative estimate of drug-likeness (QED) is 0.0948. The third-order valence-electron chi connectivity index (χ3n) is 3.93. The number of carboxylic acid groups (broad SMARTS) is 3. The molecule has 1 saturated heterocycles. The van der Waals surface area contributed by atoms with Gasteiger partial charge in [0.1, 0.15) is 5.75 Å². The highest BCUT2D eigenvalue weighted by Crippen LogP contribution is 2.19. The van der Waals surface area contributed by atoms with Crippen molar-refractivity contribution >= 4 is 23.9 Å².